The molecular formula is C15H21FN2O2. The van der Waals surface area contributed by atoms with Crippen LogP contribution in [0.25, 0.3) is 0 Å². The molecule has 0 unspecified atom stereocenters. The highest BCUT2D eigenvalue weighted by molar-refractivity contribution is 5.77. The first-order valence-corrected chi connectivity index (χ1v) is 7.04. The van der Waals surface area contributed by atoms with E-state index in [-0.39, 0.29) is 18.3 Å². The van der Waals surface area contributed by atoms with Crippen LogP contribution in [0, 0.1) is 5.82 Å². The number of carbonyl (C=O) groups excluding carboxylic acids is 1. The van der Waals surface area contributed by atoms with Crippen LogP contribution < -0.4 is 10.1 Å². The predicted octanol–water partition coefficient (Wildman–Crippen LogP) is 1.80. The second kappa shape index (κ2) is 7.24. The van der Waals surface area contributed by atoms with E-state index >= 15 is 0 Å². The molecule has 1 amide bonds. The number of ether oxygens (including phenoxy) is 1. The van der Waals surface area contributed by atoms with E-state index in [1.807, 2.05) is 0 Å². The lowest BCUT2D eigenvalue weighted by molar-refractivity contribution is -0.123. The summed E-state index contributed by atoms with van der Waals surface area (Å²) in [6.45, 7) is 4.93. The minimum absolute atomic E-state index is 0.0433. The minimum atomic E-state index is -0.318. The second-order valence-corrected chi connectivity index (χ2v) is 5.14. The molecule has 1 N–H and O–H groups in total. The summed E-state index contributed by atoms with van der Waals surface area (Å²) in [7, 11) is 0. The molecule has 1 heterocycles. The van der Waals surface area contributed by atoms with Crippen LogP contribution in [0.15, 0.2) is 24.3 Å². The van der Waals surface area contributed by atoms with Gasteiger partial charge in [-0.15, -0.1) is 0 Å². The third-order valence-electron chi connectivity index (χ3n) is 3.54. The molecule has 1 saturated heterocycles. The topological polar surface area (TPSA) is 41.6 Å². The van der Waals surface area contributed by atoms with Crippen molar-refractivity contribution in [3.8, 4) is 5.75 Å². The van der Waals surface area contributed by atoms with Crippen molar-refractivity contribution >= 4 is 5.91 Å². The normalized spacial score (nSPS) is 16.9. The Bertz CT molecular complexity index is 430. The molecule has 0 aromatic heterocycles. The number of nitrogens with zero attached hydrogens (tertiary/aromatic N) is 1. The van der Waals surface area contributed by atoms with Gasteiger partial charge in [0.05, 0.1) is 0 Å². The monoisotopic (exact) mass is 280 g/mol. The Labute approximate surface area is 118 Å². The summed E-state index contributed by atoms with van der Waals surface area (Å²) in [5.41, 5.74) is 0. The number of amides is 1. The van der Waals surface area contributed by atoms with Crippen LogP contribution in [-0.4, -0.2) is 43.1 Å². The average Bonchev–Trinajstić information content (AvgIpc) is 2.98. The van der Waals surface area contributed by atoms with Gasteiger partial charge in [0, 0.05) is 12.6 Å². The van der Waals surface area contributed by atoms with Crippen molar-refractivity contribution in [3.05, 3.63) is 30.1 Å². The fourth-order valence-electron chi connectivity index (χ4n) is 2.30. The van der Waals surface area contributed by atoms with Gasteiger partial charge in [0.25, 0.3) is 5.91 Å². The molecule has 0 bridgehead atoms. The standard InChI is InChI=1S/C15H21FN2O2/c1-12(18-8-2-3-9-18)10-17-15(19)11-20-14-6-4-13(16)5-7-14/h4-7,12H,2-3,8-11H2,1H3,(H,17,19)/t12-/m1/s1. The van der Waals surface area contributed by atoms with E-state index in [9.17, 15) is 9.18 Å². The smallest absolute Gasteiger partial charge is 0.257 e. The number of hydrogen-bond acceptors (Lipinski definition) is 3. The van der Waals surface area contributed by atoms with E-state index in [1.165, 1.54) is 37.1 Å². The molecule has 0 radical (unpaired) electrons. The molecule has 0 spiro atoms. The molecule has 1 aliphatic heterocycles. The van der Waals surface area contributed by atoms with Crippen LogP contribution in [0.3, 0.4) is 0 Å². The largest absolute Gasteiger partial charge is 0.484 e. The van der Waals surface area contributed by atoms with Crippen molar-refractivity contribution in [2.24, 2.45) is 0 Å². The number of rotatable bonds is 6. The van der Waals surface area contributed by atoms with Crippen LogP contribution in [-0.2, 0) is 4.79 Å². The maximum Gasteiger partial charge on any atom is 0.257 e. The van der Waals surface area contributed by atoms with Crippen molar-refractivity contribution in [3.63, 3.8) is 0 Å². The van der Waals surface area contributed by atoms with Crippen molar-refractivity contribution in [2.75, 3.05) is 26.2 Å². The highest BCUT2D eigenvalue weighted by atomic mass is 19.1. The quantitative estimate of drug-likeness (QED) is 0.864. The molecule has 0 saturated carbocycles. The molecule has 1 atom stereocenters. The molecule has 1 aromatic rings. The molecule has 1 aromatic carbocycles. The van der Waals surface area contributed by atoms with Crippen molar-refractivity contribution in [1.82, 2.24) is 10.2 Å². The Morgan fingerprint density at radius 1 is 1.35 bits per heavy atom. The fraction of sp³-hybridized carbons (Fsp3) is 0.533. The summed E-state index contributed by atoms with van der Waals surface area (Å²) < 4.78 is 18.0. The van der Waals surface area contributed by atoms with E-state index in [4.69, 9.17) is 4.74 Å². The zero-order chi connectivity index (χ0) is 14.4. The Kier molecular flexibility index (Phi) is 5.35. The first kappa shape index (κ1) is 14.8. The predicted molar refractivity (Wildman–Crippen MR) is 75.2 cm³/mol. The van der Waals surface area contributed by atoms with Gasteiger partial charge in [0.2, 0.25) is 0 Å². The summed E-state index contributed by atoms with van der Waals surface area (Å²) in [4.78, 5) is 14.1. The van der Waals surface area contributed by atoms with Gasteiger partial charge in [-0.2, -0.15) is 0 Å². The van der Waals surface area contributed by atoms with Crippen molar-refractivity contribution < 1.29 is 13.9 Å². The van der Waals surface area contributed by atoms with Gasteiger partial charge in [0.15, 0.2) is 6.61 Å². The van der Waals surface area contributed by atoms with Gasteiger partial charge in [-0.1, -0.05) is 0 Å². The molecule has 1 aliphatic rings. The minimum Gasteiger partial charge on any atom is -0.484 e. The van der Waals surface area contributed by atoms with Crippen LogP contribution in [0.4, 0.5) is 4.39 Å². The second-order valence-electron chi connectivity index (χ2n) is 5.14. The molecule has 20 heavy (non-hydrogen) atoms. The third-order valence-corrected chi connectivity index (χ3v) is 3.54. The lowest BCUT2D eigenvalue weighted by atomic mass is 10.3. The molecule has 110 valence electrons. The number of hydrogen-bond donors (Lipinski definition) is 1. The van der Waals surface area contributed by atoms with Gasteiger partial charge >= 0.3 is 0 Å². The molecule has 2 rings (SSSR count). The van der Waals surface area contributed by atoms with Gasteiger partial charge in [-0.3, -0.25) is 9.69 Å². The van der Waals surface area contributed by atoms with Crippen LogP contribution >= 0.6 is 0 Å². The van der Waals surface area contributed by atoms with E-state index in [0.29, 0.717) is 18.3 Å². The number of nitrogens with one attached hydrogen (secondary N) is 1. The Balaban J connectivity index is 1.66. The van der Waals surface area contributed by atoms with Crippen LogP contribution in [0.2, 0.25) is 0 Å². The third kappa shape index (κ3) is 4.49. The highest BCUT2D eigenvalue weighted by Crippen LogP contribution is 2.11. The maximum absolute atomic E-state index is 12.7. The summed E-state index contributed by atoms with van der Waals surface area (Å²) >= 11 is 0. The number of halogens is 1. The molecule has 5 heteroatoms. The lowest BCUT2D eigenvalue weighted by Gasteiger charge is -2.23. The lowest BCUT2D eigenvalue weighted by Crippen LogP contribution is -2.42. The van der Waals surface area contributed by atoms with E-state index in [2.05, 4.69) is 17.1 Å². The zero-order valence-electron chi connectivity index (χ0n) is 11.8. The van der Waals surface area contributed by atoms with E-state index in [1.54, 1.807) is 0 Å². The number of carbonyl (C=O) groups is 1. The average molecular weight is 280 g/mol. The van der Waals surface area contributed by atoms with Crippen LogP contribution in [0.1, 0.15) is 19.8 Å². The van der Waals surface area contributed by atoms with Crippen molar-refractivity contribution in [1.29, 1.82) is 0 Å². The van der Waals surface area contributed by atoms with Gasteiger partial charge in [0.1, 0.15) is 11.6 Å². The van der Waals surface area contributed by atoms with Crippen molar-refractivity contribution in [2.45, 2.75) is 25.8 Å². The van der Waals surface area contributed by atoms with Gasteiger partial charge < -0.3 is 10.1 Å². The first-order chi connectivity index (χ1) is 9.65. The SMILES string of the molecule is C[C@H](CNC(=O)COc1ccc(F)cc1)N1CCCC1. The van der Waals surface area contributed by atoms with Gasteiger partial charge in [-0.05, 0) is 57.1 Å². The van der Waals surface area contributed by atoms with Gasteiger partial charge in [-0.25, -0.2) is 4.39 Å². The Hall–Kier alpha value is -1.62. The van der Waals surface area contributed by atoms with E-state index < -0.39 is 0 Å². The molecular weight excluding hydrogens is 259 g/mol. The molecule has 0 aliphatic carbocycles. The zero-order valence-corrected chi connectivity index (χ0v) is 11.8. The Morgan fingerprint density at radius 3 is 2.65 bits per heavy atom. The molecule has 1 fully saturated rings. The molecule has 4 nitrogen and oxygen atoms in total. The Morgan fingerprint density at radius 2 is 2.00 bits per heavy atom. The van der Waals surface area contributed by atoms with E-state index in [0.717, 1.165) is 13.1 Å². The number of likely N-dealkylation sites (tertiary alicyclic amines) is 1. The van der Waals surface area contributed by atoms with Crippen LogP contribution in [0.5, 0.6) is 5.75 Å². The highest BCUT2D eigenvalue weighted by Gasteiger charge is 2.18. The summed E-state index contributed by atoms with van der Waals surface area (Å²) in [5, 5.41) is 2.86. The maximum atomic E-state index is 12.7. The summed E-state index contributed by atoms with van der Waals surface area (Å²) in [6, 6.07) is 5.99. The number of benzene rings is 1. The summed E-state index contributed by atoms with van der Waals surface area (Å²) in [6.07, 6.45) is 2.48. The summed E-state index contributed by atoms with van der Waals surface area (Å²) in [5.74, 6) is 0.0238. The fourth-order valence-corrected chi connectivity index (χ4v) is 2.30. The first-order valence-electron chi connectivity index (χ1n) is 7.04.